The quantitative estimate of drug-likeness (QED) is 0.401. The molecule has 0 spiro atoms. The summed E-state index contributed by atoms with van der Waals surface area (Å²) in [6.45, 7) is 2.28. The number of H-pyrrole nitrogens is 1. The second kappa shape index (κ2) is 7.88. The second-order valence-corrected chi connectivity index (χ2v) is 4.59. The normalized spacial score (nSPS) is 11.7. The number of nitrogens with two attached hydrogens (primary N) is 1. The highest BCUT2D eigenvalue weighted by molar-refractivity contribution is 5.87. The summed E-state index contributed by atoms with van der Waals surface area (Å²) in [7, 11) is 0. The molecule has 0 bridgehead atoms. The molecule has 0 aliphatic heterocycles. The summed E-state index contributed by atoms with van der Waals surface area (Å²) in [5, 5.41) is 20.3. The Morgan fingerprint density at radius 1 is 1.48 bits per heavy atom. The molecule has 116 valence electrons. The molecule has 1 rings (SSSR count). The first kappa shape index (κ1) is 16.5. The molecule has 3 amide bonds. The minimum Gasteiger partial charge on any atom is -0.480 e. The molecule has 1 aromatic heterocycles. The first-order chi connectivity index (χ1) is 9.90. The number of nitrogens with one attached hydrogen (secondary N) is 3. The van der Waals surface area contributed by atoms with Crippen LogP contribution < -0.4 is 16.4 Å². The molecule has 0 aromatic carbocycles. The number of carbonyl (C=O) groups is 3. The lowest BCUT2D eigenvalue weighted by atomic mass is 10.1. The molecule has 0 saturated carbocycles. The van der Waals surface area contributed by atoms with Crippen molar-refractivity contribution in [2.24, 2.45) is 5.73 Å². The summed E-state index contributed by atoms with van der Waals surface area (Å²) < 4.78 is 0. The number of aryl methyl sites for hydroxylation is 2. The van der Waals surface area contributed by atoms with Crippen LogP contribution in [0.15, 0.2) is 6.20 Å². The Labute approximate surface area is 121 Å². The van der Waals surface area contributed by atoms with Gasteiger partial charge in [-0.05, 0) is 25.3 Å². The zero-order valence-electron chi connectivity index (χ0n) is 11.7. The van der Waals surface area contributed by atoms with Crippen molar-refractivity contribution in [3.8, 4) is 0 Å². The number of hydrogen-bond acceptors (Lipinski definition) is 4. The number of primary amides is 1. The molecule has 6 N–H and O–H groups in total. The summed E-state index contributed by atoms with van der Waals surface area (Å²) in [5.74, 6) is -2.10. The predicted octanol–water partition coefficient (Wildman–Crippen LogP) is -0.721. The third-order valence-corrected chi connectivity index (χ3v) is 2.85. The summed E-state index contributed by atoms with van der Waals surface area (Å²) >= 11 is 0. The van der Waals surface area contributed by atoms with E-state index in [1.54, 1.807) is 6.20 Å². The van der Waals surface area contributed by atoms with E-state index in [1.165, 1.54) is 0 Å². The van der Waals surface area contributed by atoms with Gasteiger partial charge >= 0.3 is 12.0 Å². The summed E-state index contributed by atoms with van der Waals surface area (Å²) in [4.78, 5) is 33.0. The van der Waals surface area contributed by atoms with Crippen LogP contribution in [0.2, 0.25) is 0 Å². The lowest BCUT2D eigenvalue weighted by Gasteiger charge is -2.13. The van der Waals surface area contributed by atoms with Crippen molar-refractivity contribution < 1.29 is 19.5 Å². The Morgan fingerprint density at radius 3 is 2.71 bits per heavy atom. The molecular formula is C12H19N5O4. The fourth-order valence-corrected chi connectivity index (χ4v) is 1.72. The van der Waals surface area contributed by atoms with Crippen LogP contribution in [0.5, 0.6) is 0 Å². The van der Waals surface area contributed by atoms with E-state index in [4.69, 9.17) is 10.8 Å². The second-order valence-electron chi connectivity index (χ2n) is 4.59. The van der Waals surface area contributed by atoms with E-state index in [2.05, 4.69) is 20.8 Å². The van der Waals surface area contributed by atoms with Gasteiger partial charge in [0.2, 0.25) is 5.91 Å². The van der Waals surface area contributed by atoms with Crippen molar-refractivity contribution in [1.29, 1.82) is 0 Å². The van der Waals surface area contributed by atoms with Gasteiger partial charge < -0.3 is 21.5 Å². The maximum atomic E-state index is 11.5. The fourth-order valence-electron chi connectivity index (χ4n) is 1.72. The smallest absolute Gasteiger partial charge is 0.326 e. The number of amides is 3. The Balaban J connectivity index is 2.28. The molecular weight excluding hydrogens is 278 g/mol. The molecule has 9 heteroatoms. The maximum Gasteiger partial charge on any atom is 0.326 e. The molecule has 1 atom stereocenters. The number of hydrogen-bond donors (Lipinski definition) is 5. The van der Waals surface area contributed by atoms with Crippen molar-refractivity contribution in [2.45, 2.75) is 32.2 Å². The summed E-state index contributed by atoms with van der Waals surface area (Å²) in [6, 6.07) is -1.97. The standard InChI is InChI=1S/C12H19N5O4/c1-7-8(6-15-17-7)3-2-4-14-12(21)16-9(11(19)20)5-10(13)18/h6,9H,2-5H2,1H3,(H2,13,18)(H,15,17)(H,19,20)(H2,14,16,21). The van der Waals surface area contributed by atoms with Crippen LogP contribution in [0.1, 0.15) is 24.1 Å². The third-order valence-electron chi connectivity index (χ3n) is 2.85. The summed E-state index contributed by atoms with van der Waals surface area (Å²) in [6.07, 6.45) is 2.70. The highest BCUT2D eigenvalue weighted by Gasteiger charge is 2.21. The van der Waals surface area contributed by atoms with Gasteiger partial charge in [0.05, 0.1) is 12.6 Å². The van der Waals surface area contributed by atoms with Crippen molar-refractivity contribution in [3.05, 3.63) is 17.5 Å². The highest BCUT2D eigenvalue weighted by Crippen LogP contribution is 2.04. The van der Waals surface area contributed by atoms with Gasteiger partial charge in [-0.25, -0.2) is 9.59 Å². The number of carboxylic acids is 1. The topological polar surface area (TPSA) is 150 Å². The highest BCUT2D eigenvalue weighted by atomic mass is 16.4. The minimum atomic E-state index is -1.32. The number of carbonyl (C=O) groups excluding carboxylic acids is 2. The number of urea groups is 1. The van der Waals surface area contributed by atoms with E-state index < -0.39 is 30.4 Å². The van der Waals surface area contributed by atoms with Gasteiger partial charge in [-0.2, -0.15) is 5.10 Å². The van der Waals surface area contributed by atoms with E-state index in [9.17, 15) is 14.4 Å². The lowest BCUT2D eigenvalue weighted by Crippen LogP contribution is -2.47. The third kappa shape index (κ3) is 5.93. The lowest BCUT2D eigenvalue weighted by molar-refractivity contribution is -0.140. The zero-order valence-corrected chi connectivity index (χ0v) is 11.7. The number of rotatable bonds is 8. The van der Waals surface area contributed by atoms with Crippen LogP contribution in [-0.4, -0.2) is 45.8 Å². The average Bonchev–Trinajstić information content (AvgIpc) is 2.79. The van der Waals surface area contributed by atoms with E-state index >= 15 is 0 Å². The van der Waals surface area contributed by atoms with Gasteiger partial charge in [0.15, 0.2) is 0 Å². The number of aliphatic carboxylic acids is 1. The van der Waals surface area contributed by atoms with Crippen molar-refractivity contribution >= 4 is 17.9 Å². The minimum absolute atomic E-state index is 0.374. The molecule has 1 unspecified atom stereocenters. The molecule has 0 saturated heterocycles. The van der Waals surface area contributed by atoms with Crippen LogP contribution >= 0.6 is 0 Å². The predicted molar refractivity (Wildman–Crippen MR) is 73.4 cm³/mol. The van der Waals surface area contributed by atoms with Crippen molar-refractivity contribution in [1.82, 2.24) is 20.8 Å². The van der Waals surface area contributed by atoms with Gasteiger partial charge in [0.25, 0.3) is 0 Å². The van der Waals surface area contributed by atoms with E-state index in [0.717, 1.165) is 17.7 Å². The molecule has 21 heavy (non-hydrogen) atoms. The molecule has 1 heterocycles. The number of nitrogens with zero attached hydrogens (tertiary/aromatic N) is 1. The van der Waals surface area contributed by atoms with Crippen LogP contribution in [0.25, 0.3) is 0 Å². The average molecular weight is 297 g/mol. The maximum absolute atomic E-state index is 11.5. The van der Waals surface area contributed by atoms with Gasteiger partial charge in [-0.3, -0.25) is 9.89 Å². The molecule has 1 aromatic rings. The van der Waals surface area contributed by atoms with Crippen LogP contribution in [0.4, 0.5) is 4.79 Å². The Morgan fingerprint density at radius 2 is 2.19 bits per heavy atom. The molecule has 0 fully saturated rings. The van der Waals surface area contributed by atoms with Crippen LogP contribution in [-0.2, 0) is 16.0 Å². The number of aromatic amines is 1. The first-order valence-corrected chi connectivity index (χ1v) is 6.44. The zero-order chi connectivity index (χ0) is 15.8. The van der Waals surface area contributed by atoms with E-state index in [-0.39, 0.29) is 0 Å². The van der Waals surface area contributed by atoms with Gasteiger partial charge in [-0.1, -0.05) is 0 Å². The van der Waals surface area contributed by atoms with Gasteiger partial charge in [0.1, 0.15) is 6.04 Å². The largest absolute Gasteiger partial charge is 0.480 e. The molecule has 0 radical (unpaired) electrons. The van der Waals surface area contributed by atoms with Gasteiger partial charge in [-0.15, -0.1) is 0 Å². The van der Waals surface area contributed by atoms with Crippen LogP contribution in [0.3, 0.4) is 0 Å². The van der Waals surface area contributed by atoms with Crippen molar-refractivity contribution in [3.63, 3.8) is 0 Å². The van der Waals surface area contributed by atoms with E-state index in [0.29, 0.717) is 13.0 Å². The monoisotopic (exact) mass is 297 g/mol. The first-order valence-electron chi connectivity index (χ1n) is 6.44. The molecule has 0 aliphatic carbocycles. The van der Waals surface area contributed by atoms with Crippen molar-refractivity contribution in [2.75, 3.05) is 6.54 Å². The number of carboxylic acid groups (broad SMARTS) is 1. The Kier molecular flexibility index (Phi) is 6.18. The Hall–Kier alpha value is -2.58. The van der Waals surface area contributed by atoms with E-state index in [1.807, 2.05) is 6.92 Å². The summed E-state index contributed by atoms with van der Waals surface area (Å²) in [5.41, 5.74) is 6.96. The Bertz CT molecular complexity index is 514. The number of aromatic nitrogens is 2. The van der Waals surface area contributed by atoms with Gasteiger partial charge in [0, 0.05) is 12.2 Å². The molecule has 9 nitrogen and oxygen atoms in total. The SMILES string of the molecule is Cc1[nH]ncc1CCCNC(=O)NC(CC(N)=O)C(=O)O. The van der Waals surface area contributed by atoms with Crippen LogP contribution in [0, 0.1) is 6.92 Å². The molecule has 0 aliphatic rings. The fraction of sp³-hybridized carbons (Fsp3) is 0.500.